The standard InChI is InChI=1S/C28H27FN6O2S/c1-38(30,37)35-28-15-27(16-28,17-28)34-21-8-6-20(7-9-21)33-26(36)18-3-2-4-22(13-18)32-25-11-12-31-24-10-5-19(29)14-23(24)25/h2-14,34H,15-17H2,1H3,(H,31,32)(H,33,36)(H2,30,35,37). The van der Waals surface area contributed by atoms with Crippen molar-refractivity contribution in [2.45, 2.75) is 30.3 Å². The van der Waals surface area contributed by atoms with Crippen molar-refractivity contribution in [2.24, 2.45) is 9.50 Å². The van der Waals surface area contributed by atoms with Crippen molar-refractivity contribution in [3.05, 3.63) is 90.4 Å². The summed E-state index contributed by atoms with van der Waals surface area (Å²) in [5, 5.41) is 16.0. The van der Waals surface area contributed by atoms with E-state index in [2.05, 4.69) is 25.3 Å². The maximum absolute atomic E-state index is 13.8. The van der Waals surface area contributed by atoms with Gasteiger partial charge in [-0.25, -0.2) is 18.1 Å². The van der Waals surface area contributed by atoms with E-state index in [1.165, 1.54) is 18.4 Å². The van der Waals surface area contributed by atoms with Crippen molar-refractivity contribution < 1.29 is 13.4 Å². The molecule has 1 unspecified atom stereocenters. The van der Waals surface area contributed by atoms with Crippen molar-refractivity contribution in [2.75, 3.05) is 22.2 Å². The summed E-state index contributed by atoms with van der Waals surface area (Å²) in [5.41, 5.74) is 3.94. The first-order chi connectivity index (χ1) is 18.1. The Morgan fingerprint density at radius 1 is 1.00 bits per heavy atom. The lowest BCUT2D eigenvalue weighted by Gasteiger charge is -2.68. The van der Waals surface area contributed by atoms with Gasteiger partial charge in [0.2, 0.25) is 0 Å². The third-order valence-corrected chi connectivity index (χ3v) is 7.79. The molecule has 0 saturated heterocycles. The second-order valence-electron chi connectivity index (χ2n) is 10.4. The van der Waals surface area contributed by atoms with Gasteiger partial charge in [0.15, 0.2) is 0 Å². The minimum Gasteiger partial charge on any atom is -0.379 e. The summed E-state index contributed by atoms with van der Waals surface area (Å²) in [6.45, 7) is 0. The average molecular weight is 531 g/mol. The molecule has 3 aliphatic carbocycles. The molecule has 5 N–H and O–H groups in total. The Hall–Kier alpha value is -4.02. The SMILES string of the molecule is CS(N)(=O)=NC12CC(Nc3ccc(NC(=O)c4cccc(Nc5ccnc6ccc(F)cc56)c4)cc3)(C1)C2. The number of aromatic nitrogens is 1. The van der Waals surface area contributed by atoms with Crippen LogP contribution in [0.15, 0.2) is 83.4 Å². The summed E-state index contributed by atoms with van der Waals surface area (Å²) in [6, 6.07) is 20.9. The first-order valence-corrected chi connectivity index (χ1v) is 14.2. The third kappa shape index (κ3) is 4.80. The normalized spacial score (nSPS) is 22.9. The molecule has 4 aromatic rings. The highest BCUT2D eigenvalue weighted by atomic mass is 32.2. The lowest BCUT2D eigenvalue weighted by atomic mass is 9.44. The summed E-state index contributed by atoms with van der Waals surface area (Å²) >= 11 is 0. The first-order valence-electron chi connectivity index (χ1n) is 12.2. The molecule has 10 heteroatoms. The van der Waals surface area contributed by atoms with E-state index in [1.54, 1.807) is 36.5 Å². The average Bonchev–Trinajstić information content (AvgIpc) is 2.83. The Morgan fingerprint density at radius 3 is 2.47 bits per heavy atom. The molecule has 1 heterocycles. The molecular formula is C28H27FN6O2S. The number of carbonyl (C=O) groups excluding carboxylic acids is 1. The summed E-state index contributed by atoms with van der Waals surface area (Å²) in [4.78, 5) is 17.2. The Labute approximate surface area is 220 Å². The number of carbonyl (C=O) groups is 1. The van der Waals surface area contributed by atoms with Gasteiger partial charge in [-0.05, 0) is 86.0 Å². The summed E-state index contributed by atoms with van der Waals surface area (Å²) < 4.78 is 29.9. The summed E-state index contributed by atoms with van der Waals surface area (Å²) in [7, 11) is -2.59. The van der Waals surface area contributed by atoms with E-state index in [4.69, 9.17) is 5.14 Å². The fourth-order valence-corrected chi connectivity index (χ4v) is 6.58. The third-order valence-electron chi connectivity index (χ3n) is 7.04. The zero-order valence-corrected chi connectivity index (χ0v) is 21.5. The second-order valence-corrected chi connectivity index (χ2v) is 12.3. The minimum atomic E-state index is -2.59. The predicted molar refractivity (Wildman–Crippen MR) is 149 cm³/mol. The maximum atomic E-state index is 13.8. The van der Waals surface area contributed by atoms with Gasteiger partial charge in [0.1, 0.15) is 15.7 Å². The van der Waals surface area contributed by atoms with E-state index in [1.807, 2.05) is 30.3 Å². The molecule has 8 nitrogen and oxygen atoms in total. The van der Waals surface area contributed by atoms with Crippen LogP contribution < -0.4 is 21.1 Å². The van der Waals surface area contributed by atoms with E-state index < -0.39 is 9.92 Å². The molecular weight excluding hydrogens is 503 g/mol. The molecule has 0 radical (unpaired) electrons. The number of rotatable bonds is 7. The fraction of sp³-hybridized carbons (Fsp3) is 0.214. The van der Waals surface area contributed by atoms with Crippen LogP contribution in [0.2, 0.25) is 0 Å². The van der Waals surface area contributed by atoms with Crippen LogP contribution in [0.5, 0.6) is 0 Å². The van der Waals surface area contributed by atoms with Gasteiger partial charge in [-0.15, -0.1) is 0 Å². The molecule has 3 saturated carbocycles. The lowest BCUT2D eigenvalue weighted by molar-refractivity contribution is -0.0280. The van der Waals surface area contributed by atoms with Crippen molar-refractivity contribution in [3.8, 4) is 0 Å². The molecule has 3 aromatic carbocycles. The Kier molecular flexibility index (Phi) is 5.62. The van der Waals surface area contributed by atoms with Crippen LogP contribution in [-0.4, -0.2) is 32.4 Å². The Balaban J connectivity index is 1.10. The molecule has 7 rings (SSSR count). The van der Waals surface area contributed by atoms with Gasteiger partial charge in [0, 0.05) is 51.7 Å². The molecule has 0 spiro atoms. The topological polar surface area (TPSA) is 122 Å². The van der Waals surface area contributed by atoms with Gasteiger partial charge in [0.05, 0.1) is 11.1 Å². The number of benzene rings is 3. The van der Waals surface area contributed by atoms with E-state index in [-0.39, 0.29) is 22.8 Å². The quantitative estimate of drug-likeness (QED) is 0.254. The molecule has 2 bridgehead atoms. The Morgan fingerprint density at radius 2 is 1.74 bits per heavy atom. The van der Waals surface area contributed by atoms with Crippen molar-refractivity contribution in [1.29, 1.82) is 0 Å². The molecule has 38 heavy (non-hydrogen) atoms. The highest BCUT2D eigenvalue weighted by Gasteiger charge is 2.69. The van der Waals surface area contributed by atoms with Gasteiger partial charge in [-0.1, -0.05) is 6.07 Å². The lowest BCUT2D eigenvalue weighted by Crippen LogP contribution is -2.74. The number of fused-ring (bicyclic) bond motifs is 1. The van der Waals surface area contributed by atoms with Crippen molar-refractivity contribution in [1.82, 2.24) is 4.98 Å². The van der Waals surface area contributed by atoms with E-state index in [0.717, 1.165) is 24.9 Å². The van der Waals surface area contributed by atoms with Gasteiger partial charge in [-0.2, -0.15) is 0 Å². The first kappa shape index (κ1) is 24.3. The number of nitrogens with one attached hydrogen (secondary N) is 3. The number of pyridine rings is 1. The van der Waals surface area contributed by atoms with E-state index >= 15 is 0 Å². The summed E-state index contributed by atoms with van der Waals surface area (Å²) in [5.74, 6) is -0.584. The largest absolute Gasteiger partial charge is 0.379 e. The zero-order chi connectivity index (χ0) is 26.5. The zero-order valence-electron chi connectivity index (χ0n) is 20.7. The molecule has 1 atom stereocenters. The van der Waals surface area contributed by atoms with E-state index in [0.29, 0.717) is 33.5 Å². The van der Waals surface area contributed by atoms with Crippen LogP contribution >= 0.6 is 0 Å². The van der Waals surface area contributed by atoms with Crippen LogP contribution in [0.3, 0.4) is 0 Å². The van der Waals surface area contributed by atoms with Crippen LogP contribution in [0.4, 0.5) is 27.1 Å². The molecule has 1 aromatic heterocycles. The number of halogens is 1. The van der Waals surface area contributed by atoms with Crippen molar-refractivity contribution in [3.63, 3.8) is 0 Å². The number of anilines is 4. The van der Waals surface area contributed by atoms with Crippen molar-refractivity contribution >= 4 is 49.5 Å². The van der Waals surface area contributed by atoms with E-state index in [9.17, 15) is 13.4 Å². The van der Waals surface area contributed by atoms with Crippen LogP contribution in [0.25, 0.3) is 10.9 Å². The minimum absolute atomic E-state index is 0.0156. The van der Waals surface area contributed by atoms with Gasteiger partial charge in [0.25, 0.3) is 5.91 Å². The monoisotopic (exact) mass is 530 g/mol. The smallest absolute Gasteiger partial charge is 0.255 e. The van der Waals surface area contributed by atoms with Gasteiger partial charge < -0.3 is 16.0 Å². The fourth-order valence-electron chi connectivity index (χ4n) is 5.62. The highest BCUT2D eigenvalue weighted by Crippen LogP contribution is 2.64. The summed E-state index contributed by atoms with van der Waals surface area (Å²) in [6.07, 6.45) is 5.61. The second kappa shape index (κ2) is 8.78. The number of amides is 1. The highest BCUT2D eigenvalue weighted by molar-refractivity contribution is 7.90. The number of hydrogen-bond donors (Lipinski definition) is 4. The van der Waals surface area contributed by atoms with Crippen LogP contribution in [0.1, 0.15) is 29.6 Å². The Bertz CT molecular complexity index is 1670. The molecule has 3 fully saturated rings. The maximum Gasteiger partial charge on any atom is 0.255 e. The molecule has 194 valence electrons. The number of nitrogens with zero attached hydrogens (tertiary/aromatic N) is 2. The number of nitrogens with two attached hydrogens (primary N) is 1. The van der Waals surface area contributed by atoms with Crippen LogP contribution in [0, 0.1) is 5.82 Å². The molecule has 1 amide bonds. The molecule has 3 aliphatic rings. The predicted octanol–water partition coefficient (Wildman–Crippen LogP) is 5.43. The van der Waals surface area contributed by atoms with Crippen LogP contribution in [-0.2, 0) is 9.92 Å². The van der Waals surface area contributed by atoms with Gasteiger partial charge in [-0.3, -0.25) is 9.78 Å². The van der Waals surface area contributed by atoms with Gasteiger partial charge >= 0.3 is 0 Å². The number of hydrogen-bond acceptors (Lipinski definition) is 6. The molecule has 0 aliphatic heterocycles.